The first-order chi connectivity index (χ1) is 13.2. The molecule has 8 nitrogen and oxygen atoms in total. The normalized spacial score (nSPS) is 18.0. The van der Waals surface area contributed by atoms with Crippen LogP contribution in [0.15, 0.2) is 47.2 Å². The smallest absolute Gasteiger partial charge is 0.180 e. The van der Waals surface area contributed by atoms with Crippen LogP contribution < -0.4 is 10.6 Å². The van der Waals surface area contributed by atoms with Gasteiger partial charge in [-0.15, -0.1) is 0 Å². The second-order valence-corrected chi connectivity index (χ2v) is 7.23. The summed E-state index contributed by atoms with van der Waals surface area (Å²) < 4.78 is 2.64. The number of rotatable bonds is 4. The molecule has 1 saturated heterocycles. The lowest BCUT2D eigenvalue weighted by Crippen LogP contribution is -2.37. The van der Waals surface area contributed by atoms with Crippen molar-refractivity contribution >= 4 is 33.6 Å². The van der Waals surface area contributed by atoms with Crippen molar-refractivity contribution in [1.82, 2.24) is 24.3 Å². The molecule has 0 amide bonds. The van der Waals surface area contributed by atoms with Crippen molar-refractivity contribution in [3.8, 4) is 11.5 Å². The average molecular weight is 427 g/mol. The standard InChI is InChI=1S/C18H19BrN8/c19-15-11-27-14(8-24-17(27)9-23-15)18-22-4-3-16(25-18)26-5-1-2-12(10-26)13(6-20)7-21/h3-4,6-9,11-12,20H,1-2,5,10,21H2. The van der Waals surface area contributed by atoms with Gasteiger partial charge in [-0.1, -0.05) is 0 Å². The Balaban J connectivity index is 1.66. The van der Waals surface area contributed by atoms with Crippen LogP contribution in [0.4, 0.5) is 5.82 Å². The molecule has 1 unspecified atom stereocenters. The van der Waals surface area contributed by atoms with Crippen LogP contribution in [-0.2, 0) is 0 Å². The lowest BCUT2D eigenvalue weighted by Gasteiger charge is -2.34. The first-order valence-corrected chi connectivity index (χ1v) is 9.48. The fraction of sp³-hybridized carbons (Fsp3) is 0.278. The van der Waals surface area contributed by atoms with Gasteiger partial charge in [0.25, 0.3) is 0 Å². The van der Waals surface area contributed by atoms with E-state index in [9.17, 15) is 0 Å². The number of halogens is 1. The zero-order valence-corrected chi connectivity index (χ0v) is 16.2. The van der Waals surface area contributed by atoms with Gasteiger partial charge in [0.05, 0.1) is 12.4 Å². The van der Waals surface area contributed by atoms with Crippen molar-refractivity contribution in [2.24, 2.45) is 11.7 Å². The molecule has 0 aliphatic carbocycles. The number of imidazole rings is 1. The first kappa shape index (κ1) is 17.6. The highest BCUT2D eigenvalue weighted by Crippen LogP contribution is 2.27. The largest absolute Gasteiger partial charge is 0.404 e. The van der Waals surface area contributed by atoms with Crippen LogP contribution in [0.2, 0.25) is 0 Å². The van der Waals surface area contributed by atoms with E-state index in [0.29, 0.717) is 5.82 Å². The zero-order valence-electron chi connectivity index (χ0n) is 14.6. The molecule has 3 aromatic rings. The van der Waals surface area contributed by atoms with Crippen LogP contribution in [0.25, 0.3) is 17.2 Å². The Kier molecular flexibility index (Phi) is 4.85. The number of nitrogens with two attached hydrogens (primary N) is 1. The summed E-state index contributed by atoms with van der Waals surface area (Å²) in [7, 11) is 0. The highest BCUT2D eigenvalue weighted by Gasteiger charge is 2.23. The van der Waals surface area contributed by atoms with E-state index in [0.717, 1.165) is 53.3 Å². The summed E-state index contributed by atoms with van der Waals surface area (Å²) in [5.74, 6) is 1.73. The maximum Gasteiger partial charge on any atom is 0.180 e. The third-order valence-electron chi connectivity index (χ3n) is 4.81. The van der Waals surface area contributed by atoms with Crippen LogP contribution in [0, 0.1) is 11.3 Å². The molecular formula is C18H19BrN8. The third-order valence-corrected chi connectivity index (χ3v) is 5.22. The molecule has 3 aromatic heterocycles. The van der Waals surface area contributed by atoms with Crippen molar-refractivity contribution < 1.29 is 0 Å². The second kappa shape index (κ2) is 7.43. The van der Waals surface area contributed by atoms with Gasteiger partial charge in [-0.3, -0.25) is 4.40 Å². The lowest BCUT2D eigenvalue weighted by molar-refractivity contribution is 0.473. The Morgan fingerprint density at radius 3 is 3.00 bits per heavy atom. The fourth-order valence-electron chi connectivity index (χ4n) is 3.44. The van der Waals surface area contributed by atoms with Crippen molar-refractivity contribution in [1.29, 1.82) is 5.41 Å². The first-order valence-electron chi connectivity index (χ1n) is 8.69. The number of hydrogen-bond donors (Lipinski definition) is 2. The molecule has 1 fully saturated rings. The molecule has 0 aromatic carbocycles. The number of hydrogen-bond acceptors (Lipinski definition) is 7. The number of aromatic nitrogens is 5. The second-order valence-electron chi connectivity index (χ2n) is 6.42. The van der Waals surface area contributed by atoms with E-state index in [1.54, 1.807) is 18.6 Å². The fourth-order valence-corrected chi connectivity index (χ4v) is 3.75. The van der Waals surface area contributed by atoms with Gasteiger partial charge >= 0.3 is 0 Å². The van der Waals surface area contributed by atoms with Gasteiger partial charge in [0.2, 0.25) is 0 Å². The van der Waals surface area contributed by atoms with Crippen LogP contribution >= 0.6 is 15.9 Å². The Labute approximate surface area is 164 Å². The molecule has 1 aliphatic heterocycles. The molecule has 0 saturated carbocycles. The molecule has 27 heavy (non-hydrogen) atoms. The molecule has 4 rings (SSSR count). The molecule has 138 valence electrons. The monoisotopic (exact) mass is 426 g/mol. The summed E-state index contributed by atoms with van der Waals surface area (Å²) in [5, 5.41) is 7.55. The maximum absolute atomic E-state index is 7.55. The molecular weight excluding hydrogens is 408 g/mol. The van der Waals surface area contributed by atoms with Crippen LogP contribution in [-0.4, -0.2) is 43.6 Å². The van der Waals surface area contributed by atoms with Crippen molar-refractivity contribution in [2.45, 2.75) is 12.8 Å². The van der Waals surface area contributed by atoms with E-state index < -0.39 is 0 Å². The Hall–Kier alpha value is -2.81. The van der Waals surface area contributed by atoms with Crippen molar-refractivity contribution in [2.75, 3.05) is 18.0 Å². The summed E-state index contributed by atoms with van der Waals surface area (Å²) in [6.07, 6.45) is 12.0. The quantitative estimate of drug-likeness (QED) is 0.620. The molecule has 1 atom stereocenters. The van der Waals surface area contributed by atoms with Gasteiger partial charge in [-0.2, -0.15) is 0 Å². The molecule has 0 spiro atoms. The van der Waals surface area contributed by atoms with Gasteiger partial charge in [-0.05, 0) is 46.6 Å². The average Bonchev–Trinajstić information content (AvgIpc) is 3.12. The van der Waals surface area contributed by atoms with E-state index in [1.165, 1.54) is 12.4 Å². The van der Waals surface area contributed by atoms with Crippen LogP contribution in [0.1, 0.15) is 12.8 Å². The molecule has 0 bridgehead atoms. The van der Waals surface area contributed by atoms with Gasteiger partial charge in [0, 0.05) is 37.6 Å². The summed E-state index contributed by atoms with van der Waals surface area (Å²) in [6.45, 7) is 1.71. The van der Waals surface area contributed by atoms with Crippen LogP contribution in [0.5, 0.6) is 0 Å². The highest BCUT2D eigenvalue weighted by molar-refractivity contribution is 9.10. The lowest BCUT2D eigenvalue weighted by atomic mass is 9.91. The van der Waals surface area contributed by atoms with Crippen LogP contribution in [0.3, 0.4) is 0 Å². The topological polar surface area (TPSA) is 109 Å². The van der Waals surface area contributed by atoms with Crippen molar-refractivity contribution in [3.63, 3.8) is 0 Å². The zero-order chi connectivity index (χ0) is 18.8. The number of nitrogens with one attached hydrogen (secondary N) is 1. The molecule has 4 heterocycles. The number of anilines is 1. The minimum atomic E-state index is 0.248. The SMILES string of the molecule is N=CC(=CN)C1CCCN(c2ccnc(-c3cnc4cnc(Br)cn34)n2)C1. The Morgan fingerprint density at radius 2 is 2.19 bits per heavy atom. The van der Waals surface area contributed by atoms with Gasteiger partial charge in [-0.25, -0.2) is 19.9 Å². The molecule has 1 aliphatic rings. The molecule has 3 N–H and O–H groups in total. The maximum atomic E-state index is 7.55. The van der Waals surface area contributed by atoms with E-state index in [-0.39, 0.29) is 5.92 Å². The molecule has 0 radical (unpaired) electrons. The van der Waals surface area contributed by atoms with E-state index in [2.05, 4.69) is 35.8 Å². The number of piperidine rings is 1. The predicted octanol–water partition coefficient (Wildman–Crippen LogP) is 2.66. The van der Waals surface area contributed by atoms with Gasteiger partial charge in [0.15, 0.2) is 11.5 Å². The Morgan fingerprint density at radius 1 is 1.30 bits per heavy atom. The Bertz CT molecular complexity index is 1010. The van der Waals surface area contributed by atoms with E-state index in [1.807, 2.05) is 16.7 Å². The summed E-state index contributed by atoms with van der Waals surface area (Å²) in [6, 6.07) is 1.92. The summed E-state index contributed by atoms with van der Waals surface area (Å²) >= 11 is 3.39. The minimum absolute atomic E-state index is 0.248. The van der Waals surface area contributed by atoms with Gasteiger partial charge in [0.1, 0.15) is 16.1 Å². The van der Waals surface area contributed by atoms with E-state index in [4.69, 9.17) is 16.1 Å². The molecule has 9 heteroatoms. The number of fused-ring (bicyclic) bond motifs is 1. The van der Waals surface area contributed by atoms with Crippen molar-refractivity contribution in [3.05, 3.63) is 47.2 Å². The highest BCUT2D eigenvalue weighted by atomic mass is 79.9. The van der Waals surface area contributed by atoms with E-state index >= 15 is 0 Å². The minimum Gasteiger partial charge on any atom is -0.404 e. The summed E-state index contributed by atoms with van der Waals surface area (Å²) in [5.41, 5.74) is 8.09. The third kappa shape index (κ3) is 3.42. The van der Waals surface area contributed by atoms with Gasteiger partial charge < -0.3 is 16.0 Å². The number of nitrogens with zero attached hydrogens (tertiary/aromatic N) is 6. The predicted molar refractivity (Wildman–Crippen MR) is 108 cm³/mol. The summed E-state index contributed by atoms with van der Waals surface area (Å²) in [4.78, 5) is 20.0.